The van der Waals surface area contributed by atoms with Gasteiger partial charge in [0.2, 0.25) is 5.91 Å². The number of ketones is 1. The first kappa shape index (κ1) is 26.5. The van der Waals surface area contributed by atoms with E-state index in [9.17, 15) is 18.8 Å². The van der Waals surface area contributed by atoms with Crippen molar-refractivity contribution >= 4 is 23.9 Å². The van der Waals surface area contributed by atoms with E-state index in [1.165, 1.54) is 24.3 Å². The fraction of sp³-hybridized carbons (Fsp3) is 0.414. The van der Waals surface area contributed by atoms with E-state index in [4.69, 9.17) is 4.74 Å². The van der Waals surface area contributed by atoms with Gasteiger partial charge >= 0.3 is 6.09 Å². The largest absolute Gasteiger partial charge is 0.449 e. The van der Waals surface area contributed by atoms with Crippen LogP contribution in [-0.2, 0) is 27.9 Å². The van der Waals surface area contributed by atoms with E-state index in [0.29, 0.717) is 29.8 Å². The molecule has 1 unspecified atom stereocenters. The molecule has 2 N–H and O–H groups in total. The highest BCUT2D eigenvalue weighted by Crippen LogP contribution is 2.40. The Morgan fingerprint density at radius 2 is 1.89 bits per heavy atom. The summed E-state index contributed by atoms with van der Waals surface area (Å²) >= 11 is 0. The Bertz CT molecular complexity index is 1290. The minimum atomic E-state index is -0.691. The summed E-state index contributed by atoms with van der Waals surface area (Å²) in [5, 5.41) is 6.44. The lowest BCUT2D eigenvalue weighted by atomic mass is 9.81. The lowest BCUT2D eigenvalue weighted by Crippen LogP contribution is -2.53. The molecule has 1 aromatic heterocycles. The van der Waals surface area contributed by atoms with Crippen molar-refractivity contribution in [3.63, 3.8) is 0 Å². The highest BCUT2D eigenvalue weighted by atomic mass is 19.1. The van der Waals surface area contributed by atoms with Crippen molar-refractivity contribution in [2.45, 2.75) is 65.5 Å². The van der Waals surface area contributed by atoms with Crippen molar-refractivity contribution in [3.05, 3.63) is 76.0 Å². The number of benzene rings is 1. The molecule has 1 aliphatic heterocycles. The van der Waals surface area contributed by atoms with Crippen LogP contribution in [0.4, 0.5) is 9.18 Å². The van der Waals surface area contributed by atoms with Crippen LogP contribution in [0.2, 0.25) is 0 Å². The van der Waals surface area contributed by atoms with E-state index in [2.05, 4.69) is 10.6 Å². The molecule has 37 heavy (non-hydrogen) atoms. The number of carbonyl (C=O) groups is 3. The number of rotatable bonds is 6. The Labute approximate surface area is 216 Å². The SMILES string of the molecule is CCOC(=O)n1c2c(c3c1CC(C(=O)c1ccc(F)cc1)NC3(C)C)C=C(NC(=O)CC(C)C)C=CC2. The van der Waals surface area contributed by atoms with Crippen molar-refractivity contribution in [2.75, 3.05) is 6.61 Å². The van der Waals surface area contributed by atoms with E-state index < -0.39 is 23.5 Å². The number of hydrogen-bond acceptors (Lipinski definition) is 5. The summed E-state index contributed by atoms with van der Waals surface area (Å²) in [7, 11) is 0. The number of carbonyl (C=O) groups excluding carboxylic acids is 3. The maximum absolute atomic E-state index is 13.4. The molecule has 0 spiro atoms. The quantitative estimate of drug-likeness (QED) is 0.544. The van der Waals surface area contributed by atoms with Crippen molar-refractivity contribution in [3.8, 4) is 0 Å². The second kappa shape index (κ2) is 10.5. The number of aromatic nitrogens is 1. The Morgan fingerprint density at radius 1 is 1.19 bits per heavy atom. The Balaban J connectivity index is 1.81. The minimum absolute atomic E-state index is 0.0737. The predicted molar refractivity (Wildman–Crippen MR) is 140 cm³/mol. The van der Waals surface area contributed by atoms with Crippen LogP contribution in [0.5, 0.6) is 0 Å². The van der Waals surface area contributed by atoms with E-state index in [-0.39, 0.29) is 30.6 Å². The Hall–Kier alpha value is -3.52. The van der Waals surface area contributed by atoms with Gasteiger partial charge in [0.15, 0.2) is 5.78 Å². The third kappa shape index (κ3) is 5.44. The summed E-state index contributed by atoms with van der Waals surface area (Å²) in [6.45, 7) is 9.87. The van der Waals surface area contributed by atoms with Crippen LogP contribution in [0, 0.1) is 11.7 Å². The van der Waals surface area contributed by atoms with Crippen molar-refractivity contribution in [1.82, 2.24) is 15.2 Å². The first-order valence-corrected chi connectivity index (χ1v) is 12.7. The molecule has 1 amide bonds. The molecule has 196 valence electrons. The molecule has 4 rings (SSSR count). The van der Waals surface area contributed by atoms with Gasteiger partial charge in [-0.15, -0.1) is 0 Å². The molecule has 7 nitrogen and oxygen atoms in total. The summed E-state index contributed by atoms with van der Waals surface area (Å²) in [6.07, 6.45) is 6.28. The Kier molecular flexibility index (Phi) is 7.50. The summed E-state index contributed by atoms with van der Waals surface area (Å²) in [5.74, 6) is -0.438. The summed E-state index contributed by atoms with van der Waals surface area (Å²) in [4.78, 5) is 39.1. The number of Topliss-reactive ketones (excluding diaryl/α,β-unsaturated/α-hetero) is 1. The van der Waals surface area contributed by atoms with Gasteiger partial charge in [-0.2, -0.15) is 0 Å². The minimum Gasteiger partial charge on any atom is -0.449 e. The van der Waals surface area contributed by atoms with Gasteiger partial charge in [0, 0.05) is 58.6 Å². The third-order valence-electron chi connectivity index (χ3n) is 6.65. The van der Waals surface area contributed by atoms with Crippen LogP contribution >= 0.6 is 0 Å². The second-order valence-corrected chi connectivity index (χ2v) is 10.5. The van der Waals surface area contributed by atoms with Crippen LogP contribution in [-0.4, -0.2) is 35.0 Å². The van der Waals surface area contributed by atoms with Crippen LogP contribution in [0.25, 0.3) is 6.08 Å². The average Bonchev–Trinajstić information content (AvgIpc) is 2.98. The van der Waals surface area contributed by atoms with Crippen LogP contribution in [0.1, 0.15) is 73.9 Å². The number of fused-ring (bicyclic) bond motifs is 3. The molecule has 2 heterocycles. The maximum atomic E-state index is 13.4. The predicted octanol–water partition coefficient (Wildman–Crippen LogP) is 4.88. The van der Waals surface area contributed by atoms with Crippen molar-refractivity contribution < 1.29 is 23.5 Å². The topological polar surface area (TPSA) is 89.4 Å². The van der Waals surface area contributed by atoms with Crippen molar-refractivity contribution in [1.29, 1.82) is 0 Å². The van der Waals surface area contributed by atoms with Gasteiger partial charge < -0.3 is 10.1 Å². The zero-order valence-electron chi connectivity index (χ0n) is 22.0. The third-order valence-corrected chi connectivity index (χ3v) is 6.65. The number of amides is 1. The molecule has 0 fully saturated rings. The number of halogens is 1. The number of nitrogens with one attached hydrogen (secondary N) is 2. The second-order valence-electron chi connectivity index (χ2n) is 10.5. The molecule has 1 atom stereocenters. The molecule has 2 aliphatic rings. The van der Waals surface area contributed by atoms with E-state index in [1.807, 2.05) is 45.9 Å². The van der Waals surface area contributed by atoms with Crippen LogP contribution < -0.4 is 10.6 Å². The molecule has 0 bridgehead atoms. The maximum Gasteiger partial charge on any atom is 0.418 e. The first-order valence-electron chi connectivity index (χ1n) is 12.7. The number of nitrogens with zero attached hydrogens (tertiary/aromatic N) is 1. The summed E-state index contributed by atoms with van der Waals surface area (Å²) in [6, 6.07) is 4.86. The van der Waals surface area contributed by atoms with Crippen LogP contribution in [0.15, 0.2) is 42.1 Å². The van der Waals surface area contributed by atoms with Crippen LogP contribution in [0.3, 0.4) is 0 Å². The molecule has 0 saturated heterocycles. The lowest BCUT2D eigenvalue weighted by molar-refractivity contribution is -0.121. The normalized spacial score (nSPS) is 17.9. The lowest BCUT2D eigenvalue weighted by Gasteiger charge is -2.38. The fourth-order valence-electron chi connectivity index (χ4n) is 5.24. The van der Waals surface area contributed by atoms with E-state index in [1.54, 1.807) is 11.5 Å². The molecular formula is C29H34FN3O4. The molecule has 8 heteroatoms. The zero-order chi connectivity index (χ0) is 26.9. The van der Waals surface area contributed by atoms with Gasteiger partial charge in [-0.1, -0.05) is 19.9 Å². The zero-order valence-corrected chi connectivity index (χ0v) is 22.0. The van der Waals surface area contributed by atoms with E-state index >= 15 is 0 Å². The monoisotopic (exact) mass is 507 g/mol. The fourth-order valence-corrected chi connectivity index (χ4v) is 5.24. The molecule has 0 saturated carbocycles. The molecule has 1 aromatic carbocycles. The molecule has 0 radical (unpaired) electrons. The number of allylic oxidation sites excluding steroid dienone is 2. The number of hydrogen-bond donors (Lipinski definition) is 2. The Morgan fingerprint density at radius 3 is 2.54 bits per heavy atom. The van der Waals surface area contributed by atoms with Gasteiger partial charge in [-0.3, -0.25) is 19.5 Å². The number of ether oxygens (including phenoxy) is 1. The highest BCUT2D eigenvalue weighted by Gasteiger charge is 2.42. The van der Waals surface area contributed by atoms with Gasteiger partial charge in [0.1, 0.15) is 5.82 Å². The summed E-state index contributed by atoms with van der Waals surface area (Å²) in [5.41, 5.74) is 3.52. The first-order chi connectivity index (χ1) is 17.5. The van der Waals surface area contributed by atoms with Crippen molar-refractivity contribution in [2.24, 2.45) is 5.92 Å². The van der Waals surface area contributed by atoms with E-state index in [0.717, 1.165) is 16.8 Å². The average molecular weight is 508 g/mol. The molecule has 1 aliphatic carbocycles. The molecular weight excluding hydrogens is 473 g/mol. The van der Waals surface area contributed by atoms with Gasteiger partial charge in [-0.05, 0) is 63.1 Å². The summed E-state index contributed by atoms with van der Waals surface area (Å²) < 4.78 is 20.4. The highest BCUT2D eigenvalue weighted by molar-refractivity contribution is 6.00. The van der Waals surface area contributed by atoms with Gasteiger partial charge in [0.05, 0.1) is 12.6 Å². The van der Waals surface area contributed by atoms with Gasteiger partial charge in [-0.25, -0.2) is 9.18 Å². The smallest absolute Gasteiger partial charge is 0.418 e. The van der Waals surface area contributed by atoms with Gasteiger partial charge in [0.25, 0.3) is 0 Å². The standard InChI is InChI=1S/C29H34FN3O4/c1-6-37-28(36)33-23-9-7-8-20(31-25(34)14-17(2)3)15-21(23)26-24(33)16-22(32-29(26,4)5)27(35)18-10-12-19(30)13-11-18/h7-8,10-13,15,17,22,32H,6,9,14,16H2,1-5H3,(H,31,34). The molecule has 2 aromatic rings.